The Bertz CT molecular complexity index is 1420. The van der Waals surface area contributed by atoms with Crippen molar-refractivity contribution in [2.45, 2.75) is 38.6 Å². The zero-order valence-electron chi connectivity index (χ0n) is 19.0. The normalized spacial score (nSPS) is 16.9. The first-order valence-electron chi connectivity index (χ1n) is 11.4. The van der Waals surface area contributed by atoms with Gasteiger partial charge in [-0.2, -0.15) is 0 Å². The molecule has 1 aliphatic heterocycles. The Kier molecular flexibility index (Phi) is 4.76. The smallest absolute Gasteiger partial charge is 0.258 e. The number of carbonyl (C=O) groups is 1. The number of ether oxygens (including phenoxy) is 1. The first kappa shape index (κ1) is 20.7. The van der Waals surface area contributed by atoms with Gasteiger partial charge in [-0.3, -0.25) is 4.79 Å². The molecule has 6 rings (SSSR count). The number of hydrogen-bond donors (Lipinski definition) is 1. The summed E-state index contributed by atoms with van der Waals surface area (Å²) >= 11 is 0. The Labute approximate surface area is 196 Å². The molecule has 0 radical (unpaired) electrons. The first-order valence-corrected chi connectivity index (χ1v) is 11.4. The third-order valence-corrected chi connectivity index (χ3v) is 6.52. The number of hydrogen-bond acceptors (Lipinski definition) is 4. The van der Waals surface area contributed by atoms with E-state index in [1.165, 1.54) is 6.07 Å². The van der Waals surface area contributed by atoms with Gasteiger partial charge in [-0.1, -0.05) is 6.07 Å². The molecule has 2 aromatic heterocycles. The molecule has 2 aromatic carbocycles. The highest BCUT2D eigenvalue weighted by molar-refractivity contribution is 6.06. The minimum absolute atomic E-state index is 0.0386. The zero-order valence-corrected chi connectivity index (χ0v) is 19.0. The second-order valence-corrected chi connectivity index (χ2v) is 9.05. The fraction of sp³-hybridized carbons (Fsp3) is 0.269. The summed E-state index contributed by atoms with van der Waals surface area (Å²) in [5, 5.41) is 2.86. The Balaban J connectivity index is 1.34. The molecule has 172 valence electrons. The third kappa shape index (κ3) is 3.46. The van der Waals surface area contributed by atoms with Gasteiger partial charge in [-0.05, 0) is 56.5 Å². The molecular formula is C26H24FN5O2. The molecule has 4 aromatic rings. The van der Waals surface area contributed by atoms with Gasteiger partial charge in [0.1, 0.15) is 18.2 Å². The van der Waals surface area contributed by atoms with Crippen molar-refractivity contribution in [3.63, 3.8) is 0 Å². The van der Waals surface area contributed by atoms with Crippen molar-refractivity contribution >= 4 is 11.6 Å². The second kappa shape index (κ2) is 7.83. The number of nitrogens with zero attached hydrogens (tertiary/aromatic N) is 4. The van der Waals surface area contributed by atoms with Gasteiger partial charge in [0.25, 0.3) is 5.91 Å². The molecule has 1 saturated carbocycles. The summed E-state index contributed by atoms with van der Waals surface area (Å²) in [6.07, 6.45) is 9.65. The molecule has 0 spiro atoms. The average molecular weight is 458 g/mol. The van der Waals surface area contributed by atoms with Crippen molar-refractivity contribution < 1.29 is 13.9 Å². The molecule has 1 fully saturated rings. The number of para-hydroxylation sites is 1. The van der Waals surface area contributed by atoms with Gasteiger partial charge in [0.05, 0.1) is 40.6 Å². The van der Waals surface area contributed by atoms with E-state index in [4.69, 9.17) is 4.74 Å². The quantitative estimate of drug-likeness (QED) is 0.453. The highest BCUT2D eigenvalue weighted by Crippen LogP contribution is 2.40. The standard InChI is InChI=1S/C26H24FN5O2/c1-15-10-20(27)19(11-23(15)31-12-22(29-14-31)17-6-7-17)26(33)30-21-5-3-4-18-24(21)34-13-16(2)32-9-8-28-25(18)32/h3-5,8-12,14,16-17H,6-7,13H2,1-2H3,(H,30,33)/t16-/m1/s1. The molecule has 1 N–H and O–H groups in total. The van der Waals surface area contributed by atoms with Crippen LogP contribution in [0.1, 0.15) is 53.3 Å². The lowest BCUT2D eigenvalue weighted by Gasteiger charge is -2.15. The van der Waals surface area contributed by atoms with Gasteiger partial charge in [-0.15, -0.1) is 0 Å². The van der Waals surface area contributed by atoms with Crippen molar-refractivity contribution in [3.05, 3.63) is 77.9 Å². The van der Waals surface area contributed by atoms with E-state index in [1.807, 2.05) is 47.5 Å². The Morgan fingerprint density at radius 3 is 2.91 bits per heavy atom. The second-order valence-electron chi connectivity index (χ2n) is 9.05. The average Bonchev–Trinajstić information content (AvgIpc) is 3.38. The topological polar surface area (TPSA) is 74.0 Å². The van der Waals surface area contributed by atoms with Crippen LogP contribution in [-0.2, 0) is 0 Å². The van der Waals surface area contributed by atoms with E-state index in [0.29, 0.717) is 24.0 Å². The maximum atomic E-state index is 14.9. The fourth-order valence-electron chi connectivity index (χ4n) is 4.49. The number of aryl methyl sites for hydroxylation is 1. The first-order chi connectivity index (χ1) is 16.5. The van der Waals surface area contributed by atoms with Crippen molar-refractivity contribution in [3.8, 4) is 22.8 Å². The number of rotatable bonds is 4. The van der Waals surface area contributed by atoms with E-state index in [2.05, 4.69) is 15.3 Å². The fourth-order valence-corrected chi connectivity index (χ4v) is 4.49. The van der Waals surface area contributed by atoms with Crippen LogP contribution in [0.15, 0.2) is 55.2 Å². The van der Waals surface area contributed by atoms with Crippen LogP contribution >= 0.6 is 0 Å². The molecule has 0 unspecified atom stereocenters. The van der Waals surface area contributed by atoms with Crippen molar-refractivity contribution in [2.24, 2.45) is 0 Å². The highest BCUT2D eigenvalue weighted by atomic mass is 19.1. The zero-order chi connectivity index (χ0) is 23.4. The predicted molar refractivity (Wildman–Crippen MR) is 126 cm³/mol. The molecule has 3 heterocycles. The van der Waals surface area contributed by atoms with E-state index in [0.717, 1.165) is 41.2 Å². The van der Waals surface area contributed by atoms with Crippen LogP contribution in [0.4, 0.5) is 10.1 Å². The van der Waals surface area contributed by atoms with E-state index in [1.54, 1.807) is 24.7 Å². The number of aromatic nitrogens is 4. The van der Waals surface area contributed by atoms with Crippen molar-refractivity contribution in [2.75, 3.05) is 11.9 Å². The molecule has 2 aliphatic rings. The summed E-state index contributed by atoms with van der Waals surface area (Å²) in [6.45, 7) is 4.30. The number of carbonyl (C=O) groups excluding carboxylic acids is 1. The van der Waals surface area contributed by atoms with Gasteiger partial charge in [0.2, 0.25) is 0 Å². The summed E-state index contributed by atoms with van der Waals surface area (Å²) in [5.41, 5.74) is 3.71. The molecule has 34 heavy (non-hydrogen) atoms. The highest BCUT2D eigenvalue weighted by Gasteiger charge is 2.27. The van der Waals surface area contributed by atoms with Crippen LogP contribution in [0.3, 0.4) is 0 Å². The lowest BCUT2D eigenvalue weighted by atomic mass is 10.1. The van der Waals surface area contributed by atoms with Gasteiger partial charge >= 0.3 is 0 Å². The molecule has 0 saturated heterocycles. The number of nitrogens with one attached hydrogen (secondary N) is 1. The van der Waals surface area contributed by atoms with Crippen LogP contribution in [-0.4, -0.2) is 31.6 Å². The largest absolute Gasteiger partial charge is 0.488 e. The lowest BCUT2D eigenvalue weighted by Crippen LogP contribution is -2.16. The summed E-state index contributed by atoms with van der Waals surface area (Å²) in [4.78, 5) is 22.2. The number of anilines is 1. The Morgan fingerprint density at radius 1 is 1.24 bits per heavy atom. The Morgan fingerprint density at radius 2 is 2.09 bits per heavy atom. The summed E-state index contributed by atoms with van der Waals surface area (Å²) in [7, 11) is 0. The maximum absolute atomic E-state index is 14.9. The Hall–Kier alpha value is -3.94. The molecule has 1 aliphatic carbocycles. The van der Waals surface area contributed by atoms with Gasteiger partial charge in [-0.25, -0.2) is 14.4 Å². The van der Waals surface area contributed by atoms with E-state index in [-0.39, 0.29) is 11.6 Å². The van der Waals surface area contributed by atoms with Crippen molar-refractivity contribution in [1.82, 2.24) is 19.1 Å². The van der Waals surface area contributed by atoms with E-state index in [9.17, 15) is 9.18 Å². The summed E-state index contributed by atoms with van der Waals surface area (Å²) < 4.78 is 24.9. The predicted octanol–water partition coefficient (Wildman–Crippen LogP) is 5.27. The summed E-state index contributed by atoms with van der Waals surface area (Å²) in [6, 6.07) is 8.54. The molecular weight excluding hydrogens is 433 g/mol. The van der Waals surface area contributed by atoms with Gasteiger partial charge in [0, 0.05) is 24.5 Å². The van der Waals surface area contributed by atoms with Crippen LogP contribution in [0, 0.1) is 12.7 Å². The minimum atomic E-state index is -0.576. The monoisotopic (exact) mass is 457 g/mol. The molecule has 8 heteroatoms. The summed E-state index contributed by atoms with van der Waals surface area (Å²) in [5.74, 6) is 0.694. The molecule has 1 amide bonds. The number of benzene rings is 2. The van der Waals surface area contributed by atoms with Gasteiger partial charge < -0.3 is 19.2 Å². The van der Waals surface area contributed by atoms with Gasteiger partial charge in [0.15, 0.2) is 5.75 Å². The number of halogens is 1. The number of amides is 1. The van der Waals surface area contributed by atoms with Crippen molar-refractivity contribution in [1.29, 1.82) is 0 Å². The molecule has 0 bridgehead atoms. The van der Waals surface area contributed by atoms with Crippen LogP contribution < -0.4 is 10.1 Å². The molecule has 1 atom stereocenters. The minimum Gasteiger partial charge on any atom is -0.488 e. The van der Waals surface area contributed by atoms with E-state index >= 15 is 0 Å². The van der Waals surface area contributed by atoms with Crippen LogP contribution in [0.5, 0.6) is 5.75 Å². The van der Waals surface area contributed by atoms with Crippen LogP contribution in [0.25, 0.3) is 17.1 Å². The molecule has 7 nitrogen and oxygen atoms in total. The number of imidazole rings is 2. The van der Waals surface area contributed by atoms with Crippen LogP contribution in [0.2, 0.25) is 0 Å². The third-order valence-electron chi connectivity index (χ3n) is 6.52. The SMILES string of the molecule is Cc1cc(F)c(C(=O)Nc2cccc3c2OC[C@@H](C)n2ccnc2-3)cc1-n1cnc(C2CC2)c1. The number of fused-ring (bicyclic) bond motifs is 3. The maximum Gasteiger partial charge on any atom is 0.258 e. The lowest BCUT2D eigenvalue weighted by molar-refractivity contribution is 0.102. The van der Waals surface area contributed by atoms with E-state index < -0.39 is 11.7 Å².